The highest BCUT2D eigenvalue weighted by molar-refractivity contribution is 6.32. The lowest BCUT2D eigenvalue weighted by Gasteiger charge is -2.27. The molecular weight excluding hydrogens is 278 g/mol. The van der Waals surface area contributed by atoms with E-state index in [0.717, 1.165) is 18.7 Å². The number of H-pyrrole nitrogens is 2. The molecule has 0 aliphatic carbocycles. The van der Waals surface area contributed by atoms with Crippen molar-refractivity contribution in [1.82, 2.24) is 14.9 Å². The van der Waals surface area contributed by atoms with E-state index in [0.29, 0.717) is 22.6 Å². The second-order valence-corrected chi connectivity index (χ2v) is 5.60. The van der Waals surface area contributed by atoms with Crippen LogP contribution in [0.4, 0.5) is 0 Å². The van der Waals surface area contributed by atoms with Gasteiger partial charge in [-0.3, -0.25) is 14.5 Å². The van der Waals surface area contributed by atoms with Crippen molar-refractivity contribution < 1.29 is 0 Å². The molecule has 1 aromatic heterocycles. The fraction of sp³-hybridized carbons (Fsp3) is 0.429. The van der Waals surface area contributed by atoms with Crippen molar-refractivity contribution in [1.29, 1.82) is 0 Å². The van der Waals surface area contributed by atoms with Crippen molar-refractivity contribution in [2.45, 2.75) is 25.8 Å². The van der Waals surface area contributed by atoms with Gasteiger partial charge in [0.2, 0.25) is 0 Å². The Bertz CT molecular complexity index is 744. The molecule has 0 unspecified atom stereocenters. The molecule has 0 atom stereocenters. The normalized spacial score (nSPS) is 16.6. The van der Waals surface area contributed by atoms with Crippen LogP contribution in [0, 0.1) is 0 Å². The van der Waals surface area contributed by atoms with Gasteiger partial charge in [0.25, 0.3) is 0 Å². The fourth-order valence-electron chi connectivity index (χ4n) is 2.71. The van der Waals surface area contributed by atoms with Crippen LogP contribution in [0.2, 0.25) is 5.02 Å². The molecule has 0 saturated carbocycles. The third-order valence-electron chi connectivity index (χ3n) is 3.78. The number of hydrogen-bond donors (Lipinski definition) is 2. The van der Waals surface area contributed by atoms with Crippen LogP contribution in [0.25, 0.3) is 11.0 Å². The molecule has 5 nitrogen and oxygen atoms in total. The number of aromatic nitrogens is 2. The molecule has 1 aliphatic rings. The summed E-state index contributed by atoms with van der Waals surface area (Å²) >= 11 is 6.27. The number of benzene rings is 1. The molecule has 0 radical (unpaired) electrons. The Morgan fingerprint density at radius 2 is 1.75 bits per heavy atom. The smallest absolute Gasteiger partial charge is 0.314 e. The summed E-state index contributed by atoms with van der Waals surface area (Å²) in [5, 5.41) is 0.616. The SMILES string of the molecule is O=c1[nH]c2ccc(Cl)c(CN3CCCCC3)c2[nH]c1=O. The average molecular weight is 294 g/mol. The van der Waals surface area contributed by atoms with Gasteiger partial charge in [0.15, 0.2) is 0 Å². The molecule has 1 fully saturated rings. The summed E-state index contributed by atoms with van der Waals surface area (Å²) in [7, 11) is 0. The lowest BCUT2D eigenvalue weighted by molar-refractivity contribution is 0.221. The van der Waals surface area contributed by atoms with E-state index in [9.17, 15) is 9.59 Å². The number of likely N-dealkylation sites (tertiary alicyclic amines) is 1. The number of piperidine rings is 1. The molecule has 2 N–H and O–H groups in total. The molecule has 3 rings (SSSR count). The molecule has 106 valence electrons. The van der Waals surface area contributed by atoms with Gasteiger partial charge in [-0.15, -0.1) is 0 Å². The third kappa shape index (κ3) is 2.51. The van der Waals surface area contributed by atoms with Gasteiger partial charge in [-0.25, -0.2) is 0 Å². The number of nitrogens with zero attached hydrogens (tertiary/aromatic N) is 1. The summed E-state index contributed by atoms with van der Waals surface area (Å²) in [6.45, 7) is 2.78. The highest BCUT2D eigenvalue weighted by atomic mass is 35.5. The lowest BCUT2D eigenvalue weighted by atomic mass is 10.1. The quantitative estimate of drug-likeness (QED) is 0.830. The molecule has 2 heterocycles. The van der Waals surface area contributed by atoms with E-state index in [4.69, 9.17) is 11.6 Å². The maximum absolute atomic E-state index is 11.5. The zero-order valence-electron chi connectivity index (χ0n) is 11.0. The second-order valence-electron chi connectivity index (χ2n) is 5.19. The number of rotatable bonds is 2. The first-order chi connectivity index (χ1) is 9.65. The molecule has 1 saturated heterocycles. The highest BCUT2D eigenvalue weighted by Crippen LogP contribution is 2.25. The van der Waals surface area contributed by atoms with Crippen LogP contribution in [0.1, 0.15) is 24.8 Å². The first-order valence-electron chi connectivity index (χ1n) is 6.81. The van der Waals surface area contributed by atoms with Gasteiger partial charge in [0.1, 0.15) is 0 Å². The standard InChI is InChI=1S/C14H16ClN3O2/c15-10-4-5-11-12(17-14(20)13(19)16-11)9(10)8-18-6-2-1-3-7-18/h4-5H,1-3,6-8H2,(H,16,19)(H,17,20). The van der Waals surface area contributed by atoms with Crippen LogP contribution in [-0.2, 0) is 6.54 Å². The van der Waals surface area contributed by atoms with Crippen molar-refractivity contribution in [2.24, 2.45) is 0 Å². The van der Waals surface area contributed by atoms with Crippen molar-refractivity contribution in [3.63, 3.8) is 0 Å². The Balaban J connectivity index is 2.08. The molecule has 0 bridgehead atoms. The Morgan fingerprint density at radius 3 is 2.50 bits per heavy atom. The van der Waals surface area contributed by atoms with Crippen molar-refractivity contribution in [2.75, 3.05) is 13.1 Å². The lowest BCUT2D eigenvalue weighted by Crippen LogP contribution is -2.31. The van der Waals surface area contributed by atoms with Gasteiger partial charge in [-0.1, -0.05) is 18.0 Å². The topological polar surface area (TPSA) is 69.0 Å². The van der Waals surface area contributed by atoms with Gasteiger partial charge in [0.05, 0.1) is 11.0 Å². The zero-order valence-corrected chi connectivity index (χ0v) is 11.8. The maximum atomic E-state index is 11.5. The van der Waals surface area contributed by atoms with Crippen LogP contribution in [0.5, 0.6) is 0 Å². The summed E-state index contributed by atoms with van der Waals surface area (Å²) in [5.41, 5.74) is 0.849. The summed E-state index contributed by atoms with van der Waals surface area (Å²) in [4.78, 5) is 30.5. The molecule has 1 aliphatic heterocycles. The van der Waals surface area contributed by atoms with E-state index < -0.39 is 11.1 Å². The predicted molar refractivity (Wildman–Crippen MR) is 79.3 cm³/mol. The van der Waals surface area contributed by atoms with Crippen LogP contribution >= 0.6 is 11.6 Å². The van der Waals surface area contributed by atoms with Gasteiger partial charge >= 0.3 is 11.1 Å². The second kappa shape index (κ2) is 5.42. The minimum atomic E-state index is -0.639. The van der Waals surface area contributed by atoms with Gasteiger partial charge < -0.3 is 9.97 Å². The average Bonchev–Trinajstić information content (AvgIpc) is 2.45. The van der Waals surface area contributed by atoms with Crippen molar-refractivity contribution >= 4 is 22.6 Å². The monoisotopic (exact) mass is 293 g/mol. The third-order valence-corrected chi connectivity index (χ3v) is 4.13. The molecule has 0 amide bonds. The van der Waals surface area contributed by atoms with E-state index in [1.807, 2.05) is 0 Å². The Kier molecular flexibility index (Phi) is 3.63. The van der Waals surface area contributed by atoms with E-state index in [2.05, 4.69) is 14.9 Å². The Morgan fingerprint density at radius 1 is 1.05 bits per heavy atom. The van der Waals surface area contributed by atoms with Crippen LogP contribution in [-0.4, -0.2) is 28.0 Å². The number of aromatic amines is 2. The Hall–Kier alpha value is -1.59. The van der Waals surface area contributed by atoms with E-state index in [1.54, 1.807) is 12.1 Å². The summed E-state index contributed by atoms with van der Waals surface area (Å²) in [5.74, 6) is 0. The fourth-order valence-corrected chi connectivity index (χ4v) is 2.93. The molecular formula is C14H16ClN3O2. The summed E-state index contributed by atoms with van der Waals surface area (Å²) in [6.07, 6.45) is 3.65. The number of halogens is 1. The molecule has 20 heavy (non-hydrogen) atoms. The first-order valence-corrected chi connectivity index (χ1v) is 7.19. The van der Waals surface area contributed by atoms with Crippen LogP contribution in [0.15, 0.2) is 21.7 Å². The summed E-state index contributed by atoms with van der Waals surface area (Å²) in [6, 6.07) is 3.48. The first kappa shape index (κ1) is 13.4. The number of fused-ring (bicyclic) bond motifs is 1. The molecule has 2 aromatic rings. The molecule has 1 aromatic carbocycles. The van der Waals surface area contributed by atoms with Crippen molar-refractivity contribution in [3.05, 3.63) is 43.4 Å². The van der Waals surface area contributed by atoms with Gasteiger partial charge in [0, 0.05) is 17.1 Å². The molecule has 6 heteroatoms. The minimum absolute atomic E-state index is 0.616. The number of hydrogen-bond acceptors (Lipinski definition) is 3. The highest BCUT2D eigenvalue weighted by Gasteiger charge is 2.15. The van der Waals surface area contributed by atoms with Crippen molar-refractivity contribution in [3.8, 4) is 0 Å². The van der Waals surface area contributed by atoms with Gasteiger partial charge in [-0.2, -0.15) is 0 Å². The predicted octanol–water partition coefficient (Wildman–Crippen LogP) is 1.86. The minimum Gasteiger partial charge on any atom is -0.316 e. The number of nitrogens with one attached hydrogen (secondary N) is 2. The Labute approximate surface area is 120 Å². The van der Waals surface area contributed by atoms with Crippen LogP contribution in [0.3, 0.4) is 0 Å². The largest absolute Gasteiger partial charge is 0.316 e. The zero-order chi connectivity index (χ0) is 14.1. The molecule has 0 spiro atoms. The van der Waals surface area contributed by atoms with E-state index in [1.165, 1.54) is 19.3 Å². The van der Waals surface area contributed by atoms with Crippen LogP contribution < -0.4 is 11.1 Å². The summed E-state index contributed by atoms with van der Waals surface area (Å²) < 4.78 is 0. The van der Waals surface area contributed by atoms with E-state index >= 15 is 0 Å². The maximum Gasteiger partial charge on any atom is 0.314 e. The van der Waals surface area contributed by atoms with Gasteiger partial charge in [-0.05, 0) is 38.1 Å². The van der Waals surface area contributed by atoms with E-state index in [-0.39, 0.29) is 0 Å².